The zero-order valence-electron chi connectivity index (χ0n) is 13.3. The molecule has 0 aliphatic rings. The molecule has 0 unspecified atom stereocenters. The fraction of sp³-hybridized carbons (Fsp3) is 0.278. The van der Waals surface area contributed by atoms with Crippen LogP contribution in [-0.4, -0.2) is 10.9 Å². The van der Waals surface area contributed by atoms with Gasteiger partial charge in [-0.3, -0.25) is 4.79 Å². The minimum Gasteiger partial charge on any atom is -0.266 e. The second-order valence-corrected chi connectivity index (χ2v) is 5.64. The van der Waals surface area contributed by atoms with Gasteiger partial charge in [-0.1, -0.05) is 38.1 Å². The number of rotatable bonds is 3. The van der Waals surface area contributed by atoms with Gasteiger partial charge in [-0.25, -0.2) is 4.68 Å². The Labute approximate surface area is 130 Å². The molecule has 4 heteroatoms. The summed E-state index contributed by atoms with van der Waals surface area (Å²) in [5.74, 6) is 0.478. The van der Waals surface area contributed by atoms with Gasteiger partial charge < -0.3 is 0 Å². The van der Waals surface area contributed by atoms with Gasteiger partial charge in [-0.2, -0.15) is 10.4 Å². The zero-order chi connectivity index (χ0) is 16.3. The highest BCUT2D eigenvalue weighted by atomic mass is 16.1. The third kappa shape index (κ3) is 3.15. The molecule has 0 atom stereocenters. The molecule has 0 fully saturated rings. The highest BCUT2D eigenvalue weighted by Gasteiger charge is 2.08. The maximum absolute atomic E-state index is 12.2. The summed E-state index contributed by atoms with van der Waals surface area (Å²) in [6.45, 7) is 7.84. The Bertz CT molecular complexity index is 806. The molecule has 4 nitrogen and oxygen atoms in total. The van der Waals surface area contributed by atoms with Crippen LogP contribution >= 0.6 is 0 Å². The van der Waals surface area contributed by atoms with E-state index in [2.05, 4.69) is 31.1 Å². The molecule has 1 aromatic heterocycles. The average Bonchev–Trinajstić information content (AvgIpc) is 2.47. The van der Waals surface area contributed by atoms with E-state index in [0.717, 1.165) is 5.56 Å². The van der Waals surface area contributed by atoms with Crippen molar-refractivity contribution < 1.29 is 0 Å². The van der Waals surface area contributed by atoms with Gasteiger partial charge in [0.05, 0.1) is 6.21 Å². The number of aryl methyl sites for hydroxylation is 2. The molecular weight excluding hydrogens is 274 g/mol. The summed E-state index contributed by atoms with van der Waals surface area (Å²) in [5.41, 5.74) is 3.31. The number of hydrogen-bond acceptors (Lipinski definition) is 3. The lowest BCUT2D eigenvalue weighted by Crippen LogP contribution is -2.22. The molecule has 22 heavy (non-hydrogen) atoms. The third-order valence-corrected chi connectivity index (χ3v) is 3.60. The summed E-state index contributed by atoms with van der Waals surface area (Å²) in [6, 6.07) is 11.8. The van der Waals surface area contributed by atoms with Gasteiger partial charge >= 0.3 is 0 Å². The topological polar surface area (TPSA) is 58.1 Å². The summed E-state index contributed by atoms with van der Waals surface area (Å²) < 4.78 is 1.27. The second-order valence-electron chi connectivity index (χ2n) is 5.64. The van der Waals surface area contributed by atoms with E-state index in [1.54, 1.807) is 26.1 Å². The lowest BCUT2D eigenvalue weighted by Gasteiger charge is -2.07. The van der Waals surface area contributed by atoms with Crippen LogP contribution in [0.5, 0.6) is 0 Å². The summed E-state index contributed by atoms with van der Waals surface area (Å²) in [5, 5.41) is 13.3. The minimum absolute atomic E-state index is 0.137. The van der Waals surface area contributed by atoms with Crippen LogP contribution in [0.2, 0.25) is 0 Å². The number of aromatic nitrogens is 1. The molecule has 0 saturated carbocycles. The van der Waals surface area contributed by atoms with Crippen molar-refractivity contribution in [3.8, 4) is 6.07 Å². The average molecular weight is 293 g/mol. The van der Waals surface area contributed by atoms with Gasteiger partial charge in [0.25, 0.3) is 5.56 Å². The molecular formula is C18H19N3O. The molecule has 0 amide bonds. The van der Waals surface area contributed by atoms with Gasteiger partial charge in [-0.15, -0.1) is 0 Å². The largest absolute Gasteiger partial charge is 0.289 e. The second kappa shape index (κ2) is 6.40. The van der Waals surface area contributed by atoms with E-state index in [-0.39, 0.29) is 11.1 Å². The van der Waals surface area contributed by atoms with Crippen LogP contribution in [0.1, 0.15) is 47.7 Å². The van der Waals surface area contributed by atoms with Gasteiger partial charge in [0.15, 0.2) is 0 Å². The van der Waals surface area contributed by atoms with E-state index < -0.39 is 0 Å². The predicted molar refractivity (Wildman–Crippen MR) is 88.4 cm³/mol. The molecule has 0 aliphatic carbocycles. The van der Waals surface area contributed by atoms with E-state index in [0.29, 0.717) is 17.2 Å². The van der Waals surface area contributed by atoms with Crippen molar-refractivity contribution in [2.45, 2.75) is 33.6 Å². The fourth-order valence-electron chi connectivity index (χ4n) is 2.25. The molecule has 1 heterocycles. The van der Waals surface area contributed by atoms with Gasteiger partial charge in [-0.05, 0) is 42.5 Å². The zero-order valence-corrected chi connectivity index (χ0v) is 13.3. The maximum Gasteiger partial charge on any atom is 0.289 e. The third-order valence-electron chi connectivity index (χ3n) is 3.60. The number of nitrogens with zero attached hydrogens (tertiary/aromatic N) is 3. The van der Waals surface area contributed by atoms with Crippen LogP contribution in [-0.2, 0) is 0 Å². The van der Waals surface area contributed by atoms with Gasteiger partial charge in [0.2, 0.25) is 0 Å². The number of pyridine rings is 1. The molecule has 0 radical (unpaired) electrons. The van der Waals surface area contributed by atoms with Crippen molar-refractivity contribution in [2.24, 2.45) is 5.10 Å². The Kier molecular flexibility index (Phi) is 4.57. The van der Waals surface area contributed by atoms with Crippen LogP contribution in [0, 0.1) is 25.2 Å². The standard InChI is InChI=1S/C18H19N3O/c1-12(2)16-7-5-15(6-8-16)11-20-21-14(4)9-13(3)17(10-19)18(21)22/h5-9,11-12H,1-4H3/b20-11-. The monoisotopic (exact) mass is 293 g/mol. The maximum atomic E-state index is 12.2. The van der Waals surface area contributed by atoms with E-state index in [9.17, 15) is 4.79 Å². The molecule has 0 spiro atoms. The Morgan fingerprint density at radius 2 is 1.86 bits per heavy atom. The van der Waals surface area contributed by atoms with Crippen LogP contribution in [0.25, 0.3) is 0 Å². The first kappa shape index (κ1) is 15.7. The Morgan fingerprint density at radius 3 is 2.41 bits per heavy atom. The lowest BCUT2D eigenvalue weighted by molar-refractivity contribution is 0.786. The SMILES string of the molecule is Cc1cc(C)n(/N=C\c2ccc(C(C)C)cc2)c(=O)c1C#N. The van der Waals surface area contributed by atoms with E-state index in [1.165, 1.54) is 10.2 Å². The Balaban J connectivity index is 2.39. The molecule has 2 rings (SSSR count). The van der Waals surface area contributed by atoms with Crippen molar-refractivity contribution in [2.75, 3.05) is 0 Å². The smallest absolute Gasteiger partial charge is 0.266 e. The predicted octanol–water partition coefficient (Wildman–Crippen LogP) is 3.34. The molecule has 2 aromatic rings. The Morgan fingerprint density at radius 1 is 1.23 bits per heavy atom. The number of nitriles is 1. The minimum atomic E-state index is -0.380. The van der Waals surface area contributed by atoms with Crippen LogP contribution < -0.4 is 5.56 Å². The quantitative estimate of drug-likeness (QED) is 0.815. The van der Waals surface area contributed by atoms with Crippen LogP contribution in [0.3, 0.4) is 0 Å². The summed E-state index contributed by atoms with van der Waals surface area (Å²) in [4.78, 5) is 12.2. The van der Waals surface area contributed by atoms with Crippen molar-refractivity contribution in [1.82, 2.24) is 4.68 Å². The molecule has 112 valence electrons. The fourth-order valence-corrected chi connectivity index (χ4v) is 2.25. The first-order valence-corrected chi connectivity index (χ1v) is 7.21. The molecule has 0 N–H and O–H groups in total. The van der Waals surface area contributed by atoms with Crippen molar-refractivity contribution in [3.05, 3.63) is 68.6 Å². The highest BCUT2D eigenvalue weighted by molar-refractivity contribution is 5.79. The highest BCUT2D eigenvalue weighted by Crippen LogP contribution is 2.14. The van der Waals surface area contributed by atoms with Crippen LogP contribution in [0.4, 0.5) is 0 Å². The Hall–Kier alpha value is -2.67. The summed E-state index contributed by atoms with van der Waals surface area (Å²) in [7, 11) is 0. The number of benzene rings is 1. The first-order valence-electron chi connectivity index (χ1n) is 7.21. The van der Waals surface area contributed by atoms with Crippen LogP contribution in [0.15, 0.2) is 40.2 Å². The van der Waals surface area contributed by atoms with E-state index in [1.807, 2.05) is 18.2 Å². The molecule has 0 bridgehead atoms. The summed E-state index contributed by atoms with van der Waals surface area (Å²) in [6.07, 6.45) is 1.63. The lowest BCUT2D eigenvalue weighted by atomic mass is 10.0. The first-order chi connectivity index (χ1) is 10.4. The normalized spacial score (nSPS) is 11.1. The van der Waals surface area contributed by atoms with E-state index >= 15 is 0 Å². The molecule has 1 aromatic carbocycles. The van der Waals surface area contributed by atoms with Gasteiger partial charge in [0, 0.05) is 5.69 Å². The van der Waals surface area contributed by atoms with Crippen molar-refractivity contribution >= 4 is 6.21 Å². The van der Waals surface area contributed by atoms with Crippen molar-refractivity contribution in [1.29, 1.82) is 5.26 Å². The molecule has 0 aliphatic heterocycles. The van der Waals surface area contributed by atoms with Crippen molar-refractivity contribution in [3.63, 3.8) is 0 Å². The van der Waals surface area contributed by atoms with E-state index in [4.69, 9.17) is 5.26 Å². The summed E-state index contributed by atoms with van der Waals surface area (Å²) >= 11 is 0. The molecule has 0 saturated heterocycles. The number of hydrogen-bond donors (Lipinski definition) is 0. The van der Waals surface area contributed by atoms with Gasteiger partial charge in [0.1, 0.15) is 11.6 Å².